The average molecular weight is 214 g/mol. The number of nitrogens with one attached hydrogen (secondary N) is 1. The SMILES string of the molecule is O=C1CCC=CN1c1ccc2c(c1)NCC2. The molecule has 3 heteroatoms. The zero-order valence-electron chi connectivity index (χ0n) is 9.07. The molecule has 0 aromatic heterocycles. The second-order valence-corrected chi connectivity index (χ2v) is 4.21. The Morgan fingerprint density at radius 3 is 3.06 bits per heavy atom. The van der Waals surface area contributed by atoms with Gasteiger partial charge in [0.25, 0.3) is 0 Å². The lowest BCUT2D eigenvalue weighted by atomic mass is 10.1. The van der Waals surface area contributed by atoms with E-state index in [1.807, 2.05) is 18.3 Å². The highest BCUT2D eigenvalue weighted by Crippen LogP contribution is 2.29. The van der Waals surface area contributed by atoms with E-state index in [0.717, 1.165) is 25.1 Å². The maximum Gasteiger partial charge on any atom is 0.231 e. The summed E-state index contributed by atoms with van der Waals surface area (Å²) in [5.41, 5.74) is 3.48. The fraction of sp³-hybridized carbons (Fsp3) is 0.308. The predicted molar refractivity (Wildman–Crippen MR) is 64.5 cm³/mol. The maximum absolute atomic E-state index is 11.7. The van der Waals surface area contributed by atoms with Crippen molar-refractivity contribution >= 4 is 17.3 Å². The summed E-state index contributed by atoms with van der Waals surface area (Å²) in [6.45, 7) is 1.00. The molecule has 0 aliphatic carbocycles. The summed E-state index contributed by atoms with van der Waals surface area (Å²) in [6, 6.07) is 6.20. The van der Waals surface area contributed by atoms with Gasteiger partial charge in [-0.25, -0.2) is 0 Å². The predicted octanol–water partition coefficient (Wildman–Crippen LogP) is 2.30. The molecule has 2 aliphatic rings. The summed E-state index contributed by atoms with van der Waals surface area (Å²) in [6.07, 6.45) is 6.48. The Morgan fingerprint density at radius 1 is 1.25 bits per heavy atom. The molecule has 16 heavy (non-hydrogen) atoms. The van der Waals surface area contributed by atoms with E-state index in [4.69, 9.17) is 0 Å². The van der Waals surface area contributed by atoms with Crippen molar-refractivity contribution in [2.24, 2.45) is 0 Å². The quantitative estimate of drug-likeness (QED) is 0.778. The van der Waals surface area contributed by atoms with Crippen LogP contribution in [-0.2, 0) is 11.2 Å². The van der Waals surface area contributed by atoms with Crippen LogP contribution in [0.3, 0.4) is 0 Å². The van der Waals surface area contributed by atoms with Gasteiger partial charge in [0, 0.05) is 24.9 Å². The summed E-state index contributed by atoms with van der Waals surface area (Å²) >= 11 is 0. The number of hydrogen-bond acceptors (Lipinski definition) is 2. The third-order valence-electron chi connectivity index (χ3n) is 3.13. The zero-order chi connectivity index (χ0) is 11.0. The minimum atomic E-state index is 0.181. The number of rotatable bonds is 1. The Bertz CT molecular complexity index is 465. The molecule has 0 unspecified atom stereocenters. The van der Waals surface area contributed by atoms with Crippen molar-refractivity contribution in [3.63, 3.8) is 0 Å². The molecule has 0 spiro atoms. The van der Waals surface area contributed by atoms with Crippen molar-refractivity contribution in [1.82, 2.24) is 0 Å². The molecule has 0 saturated heterocycles. The molecular weight excluding hydrogens is 200 g/mol. The minimum Gasteiger partial charge on any atom is -0.384 e. The van der Waals surface area contributed by atoms with Gasteiger partial charge in [0.15, 0.2) is 0 Å². The van der Waals surface area contributed by atoms with E-state index in [9.17, 15) is 4.79 Å². The number of anilines is 2. The molecule has 1 amide bonds. The van der Waals surface area contributed by atoms with Crippen molar-refractivity contribution in [1.29, 1.82) is 0 Å². The summed E-state index contributed by atoms with van der Waals surface area (Å²) < 4.78 is 0. The Labute approximate surface area is 94.8 Å². The van der Waals surface area contributed by atoms with Crippen LogP contribution >= 0.6 is 0 Å². The number of allylic oxidation sites excluding steroid dienone is 1. The van der Waals surface area contributed by atoms with Gasteiger partial charge in [0.2, 0.25) is 5.91 Å². The molecular formula is C13H14N2O. The van der Waals surface area contributed by atoms with Crippen LogP contribution in [0.25, 0.3) is 0 Å². The lowest BCUT2D eigenvalue weighted by Crippen LogP contribution is -2.27. The largest absolute Gasteiger partial charge is 0.384 e. The van der Waals surface area contributed by atoms with Crippen LogP contribution in [0.4, 0.5) is 11.4 Å². The van der Waals surface area contributed by atoms with Crippen LogP contribution in [0.5, 0.6) is 0 Å². The third kappa shape index (κ3) is 1.48. The Kier molecular flexibility index (Phi) is 2.17. The number of amides is 1. The van der Waals surface area contributed by atoms with E-state index in [2.05, 4.69) is 17.4 Å². The molecule has 0 saturated carbocycles. The van der Waals surface area contributed by atoms with E-state index in [1.165, 1.54) is 11.3 Å². The van der Waals surface area contributed by atoms with Crippen LogP contribution in [0.2, 0.25) is 0 Å². The van der Waals surface area contributed by atoms with Crippen LogP contribution in [0.15, 0.2) is 30.5 Å². The molecule has 3 rings (SSSR count). The molecule has 1 aromatic rings. The topological polar surface area (TPSA) is 32.3 Å². The van der Waals surface area contributed by atoms with E-state index < -0.39 is 0 Å². The first kappa shape index (κ1) is 9.46. The van der Waals surface area contributed by atoms with Gasteiger partial charge in [-0.2, -0.15) is 0 Å². The molecule has 0 bridgehead atoms. The van der Waals surface area contributed by atoms with Crippen molar-refractivity contribution in [2.45, 2.75) is 19.3 Å². The third-order valence-corrected chi connectivity index (χ3v) is 3.13. The monoisotopic (exact) mass is 214 g/mol. The van der Waals surface area contributed by atoms with Crippen LogP contribution in [0, 0.1) is 0 Å². The molecule has 2 heterocycles. The van der Waals surface area contributed by atoms with Gasteiger partial charge in [-0.3, -0.25) is 9.69 Å². The number of nitrogens with zero attached hydrogens (tertiary/aromatic N) is 1. The summed E-state index contributed by atoms with van der Waals surface area (Å²) in [7, 11) is 0. The lowest BCUT2D eigenvalue weighted by molar-refractivity contribution is -0.118. The average Bonchev–Trinajstić information content (AvgIpc) is 2.76. The Morgan fingerprint density at radius 2 is 2.19 bits per heavy atom. The summed E-state index contributed by atoms with van der Waals surface area (Å²) in [5, 5.41) is 3.33. The van der Waals surface area contributed by atoms with E-state index in [-0.39, 0.29) is 5.91 Å². The van der Waals surface area contributed by atoms with Gasteiger partial charge in [-0.05, 0) is 30.5 Å². The number of hydrogen-bond donors (Lipinski definition) is 1. The van der Waals surface area contributed by atoms with Gasteiger partial charge in [-0.15, -0.1) is 0 Å². The summed E-state index contributed by atoms with van der Waals surface area (Å²) in [5.74, 6) is 0.181. The first-order chi connectivity index (χ1) is 7.84. The highest BCUT2D eigenvalue weighted by atomic mass is 16.2. The van der Waals surface area contributed by atoms with Gasteiger partial charge < -0.3 is 5.32 Å². The van der Waals surface area contributed by atoms with Crippen molar-refractivity contribution in [3.05, 3.63) is 36.0 Å². The van der Waals surface area contributed by atoms with Gasteiger partial charge in [0.1, 0.15) is 0 Å². The second-order valence-electron chi connectivity index (χ2n) is 4.21. The highest BCUT2D eigenvalue weighted by molar-refractivity contribution is 5.96. The minimum absolute atomic E-state index is 0.181. The van der Waals surface area contributed by atoms with E-state index in [1.54, 1.807) is 4.90 Å². The Hall–Kier alpha value is -1.77. The summed E-state index contributed by atoms with van der Waals surface area (Å²) in [4.78, 5) is 13.5. The standard InChI is InChI=1S/C13H14N2O/c16-13-3-1-2-8-15(13)11-5-4-10-6-7-14-12(10)9-11/h2,4-5,8-9,14H,1,3,6-7H2. The number of carbonyl (C=O) groups is 1. The zero-order valence-corrected chi connectivity index (χ0v) is 9.07. The van der Waals surface area contributed by atoms with Crippen LogP contribution in [0.1, 0.15) is 18.4 Å². The molecule has 2 aliphatic heterocycles. The van der Waals surface area contributed by atoms with Gasteiger partial charge >= 0.3 is 0 Å². The molecule has 0 atom stereocenters. The fourth-order valence-corrected chi connectivity index (χ4v) is 2.25. The first-order valence-electron chi connectivity index (χ1n) is 5.70. The van der Waals surface area contributed by atoms with Crippen LogP contribution < -0.4 is 10.2 Å². The smallest absolute Gasteiger partial charge is 0.231 e. The van der Waals surface area contributed by atoms with Gasteiger partial charge in [-0.1, -0.05) is 12.1 Å². The number of benzene rings is 1. The van der Waals surface area contributed by atoms with E-state index in [0.29, 0.717) is 6.42 Å². The molecule has 0 radical (unpaired) electrons. The molecule has 1 N–H and O–H groups in total. The fourth-order valence-electron chi connectivity index (χ4n) is 2.25. The lowest BCUT2D eigenvalue weighted by Gasteiger charge is -2.22. The van der Waals surface area contributed by atoms with Crippen molar-refractivity contribution in [3.8, 4) is 0 Å². The van der Waals surface area contributed by atoms with E-state index >= 15 is 0 Å². The Balaban J connectivity index is 1.97. The number of carbonyl (C=O) groups excluding carboxylic acids is 1. The van der Waals surface area contributed by atoms with Crippen molar-refractivity contribution in [2.75, 3.05) is 16.8 Å². The molecule has 3 nitrogen and oxygen atoms in total. The van der Waals surface area contributed by atoms with Crippen LogP contribution in [-0.4, -0.2) is 12.5 Å². The maximum atomic E-state index is 11.7. The first-order valence-corrected chi connectivity index (χ1v) is 5.70. The second kappa shape index (κ2) is 3.67. The highest BCUT2D eigenvalue weighted by Gasteiger charge is 2.18. The molecule has 1 aromatic carbocycles. The normalized spacial score (nSPS) is 18.5. The van der Waals surface area contributed by atoms with Crippen molar-refractivity contribution < 1.29 is 4.79 Å². The molecule has 0 fully saturated rings. The number of fused-ring (bicyclic) bond motifs is 1. The molecule has 82 valence electrons. The van der Waals surface area contributed by atoms with Gasteiger partial charge in [0.05, 0.1) is 5.69 Å².